The third-order valence-electron chi connectivity index (χ3n) is 3.35. The Kier molecular flexibility index (Phi) is 4.94. The van der Waals surface area contributed by atoms with E-state index in [2.05, 4.69) is 10.6 Å². The molecule has 4 nitrogen and oxygen atoms in total. The number of ketones is 1. The van der Waals surface area contributed by atoms with E-state index in [1.807, 2.05) is 38.1 Å². The van der Waals surface area contributed by atoms with Gasteiger partial charge in [0, 0.05) is 16.9 Å². The van der Waals surface area contributed by atoms with Gasteiger partial charge in [-0.1, -0.05) is 12.1 Å². The zero-order valence-electron chi connectivity index (χ0n) is 13.0. The maximum atomic E-state index is 12.2. The first-order valence-electron chi connectivity index (χ1n) is 7.21. The van der Waals surface area contributed by atoms with Crippen LogP contribution in [0, 0.1) is 6.92 Å². The van der Waals surface area contributed by atoms with E-state index in [0.717, 1.165) is 11.3 Å². The second-order valence-corrected chi connectivity index (χ2v) is 5.36. The maximum absolute atomic E-state index is 12.2. The highest BCUT2D eigenvalue weighted by Crippen LogP contribution is 2.13. The van der Waals surface area contributed by atoms with Gasteiger partial charge >= 0.3 is 0 Å². The zero-order valence-corrected chi connectivity index (χ0v) is 13.0. The van der Waals surface area contributed by atoms with Crippen molar-refractivity contribution in [3.05, 3.63) is 59.7 Å². The monoisotopic (exact) mass is 296 g/mol. The SMILES string of the molecule is CC(=O)c1ccc(NC(=O)[C@@H](C)Nc2cccc(C)c2)cc1. The summed E-state index contributed by atoms with van der Waals surface area (Å²) in [6.45, 7) is 5.33. The van der Waals surface area contributed by atoms with Crippen molar-refractivity contribution in [3.8, 4) is 0 Å². The van der Waals surface area contributed by atoms with E-state index in [9.17, 15) is 9.59 Å². The number of aryl methyl sites for hydroxylation is 1. The highest BCUT2D eigenvalue weighted by molar-refractivity contribution is 5.97. The number of nitrogens with one attached hydrogen (secondary N) is 2. The minimum absolute atomic E-state index is 0.00681. The van der Waals surface area contributed by atoms with Crippen LogP contribution in [0.25, 0.3) is 0 Å². The predicted octanol–water partition coefficient (Wildman–Crippen LogP) is 3.64. The van der Waals surface area contributed by atoms with E-state index in [-0.39, 0.29) is 17.7 Å². The van der Waals surface area contributed by atoms with E-state index >= 15 is 0 Å². The van der Waals surface area contributed by atoms with Crippen molar-refractivity contribution in [3.63, 3.8) is 0 Å². The molecule has 22 heavy (non-hydrogen) atoms. The molecule has 0 aliphatic rings. The molecule has 114 valence electrons. The normalized spacial score (nSPS) is 11.6. The number of anilines is 2. The Morgan fingerprint density at radius 1 is 1.00 bits per heavy atom. The summed E-state index contributed by atoms with van der Waals surface area (Å²) in [7, 11) is 0. The molecule has 0 saturated carbocycles. The van der Waals surface area contributed by atoms with Crippen LogP contribution in [0.2, 0.25) is 0 Å². The molecule has 2 aromatic rings. The van der Waals surface area contributed by atoms with Crippen molar-refractivity contribution in [1.82, 2.24) is 0 Å². The van der Waals surface area contributed by atoms with E-state index in [4.69, 9.17) is 0 Å². The molecule has 1 atom stereocenters. The largest absolute Gasteiger partial charge is 0.374 e. The van der Waals surface area contributed by atoms with Crippen molar-refractivity contribution in [1.29, 1.82) is 0 Å². The molecule has 1 amide bonds. The molecule has 2 N–H and O–H groups in total. The standard InChI is InChI=1S/C18H20N2O2/c1-12-5-4-6-17(11-12)19-13(2)18(22)20-16-9-7-15(8-10-16)14(3)21/h4-11,13,19H,1-3H3,(H,20,22)/t13-/m1/s1. The topological polar surface area (TPSA) is 58.2 Å². The smallest absolute Gasteiger partial charge is 0.246 e. The lowest BCUT2D eigenvalue weighted by Gasteiger charge is -2.15. The number of hydrogen-bond donors (Lipinski definition) is 2. The van der Waals surface area contributed by atoms with Crippen LogP contribution in [-0.2, 0) is 4.79 Å². The highest BCUT2D eigenvalue weighted by atomic mass is 16.2. The average Bonchev–Trinajstić information content (AvgIpc) is 2.47. The van der Waals surface area contributed by atoms with Gasteiger partial charge in [0.2, 0.25) is 5.91 Å². The summed E-state index contributed by atoms with van der Waals surface area (Å²) in [4.78, 5) is 23.4. The molecule has 2 rings (SSSR count). The van der Waals surface area contributed by atoms with Crippen LogP contribution < -0.4 is 10.6 Å². The van der Waals surface area contributed by atoms with Crippen molar-refractivity contribution in [2.75, 3.05) is 10.6 Å². The lowest BCUT2D eigenvalue weighted by molar-refractivity contribution is -0.116. The summed E-state index contributed by atoms with van der Waals surface area (Å²) < 4.78 is 0. The Balaban J connectivity index is 1.97. The quantitative estimate of drug-likeness (QED) is 0.828. The number of benzene rings is 2. The molecular weight excluding hydrogens is 276 g/mol. The third-order valence-corrected chi connectivity index (χ3v) is 3.35. The first-order valence-corrected chi connectivity index (χ1v) is 7.21. The molecule has 0 radical (unpaired) electrons. The maximum Gasteiger partial charge on any atom is 0.246 e. The Bertz CT molecular complexity index is 678. The van der Waals surface area contributed by atoms with E-state index < -0.39 is 0 Å². The van der Waals surface area contributed by atoms with Gasteiger partial charge in [0.15, 0.2) is 5.78 Å². The zero-order chi connectivity index (χ0) is 16.1. The lowest BCUT2D eigenvalue weighted by atomic mass is 10.1. The van der Waals surface area contributed by atoms with Crippen molar-refractivity contribution in [2.45, 2.75) is 26.8 Å². The summed E-state index contributed by atoms with van der Waals surface area (Å²) in [5.41, 5.74) is 3.35. The summed E-state index contributed by atoms with van der Waals surface area (Å²) in [6, 6.07) is 14.4. The Morgan fingerprint density at radius 2 is 1.68 bits per heavy atom. The minimum Gasteiger partial charge on any atom is -0.374 e. The summed E-state index contributed by atoms with van der Waals surface area (Å²) >= 11 is 0. The van der Waals surface area contributed by atoms with Gasteiger partial charge in [-0.2, -0.15) is 0 Å². The molecule has 2 aromatic carbocycles. The van der Waals surface area contributed by atoms with Crippen LogP contribution in [0.1, 0.15) is 29.8 Å². The highest BCUT2D eigenvalue weighted by Gasteiger charge is 2.13. The first-order chi connectivity index (χ1) is 10.5. The third kappa shape index (κ3) is 4.19. The van der Waals surface area contributed by atoms with Gasteiger partial charge in [0.25, 0.3) is 0 Å². The van der Waals surface area contributed by atoms with Gasteiger partial charge in [-0.15, -0.1) is 0 Å². The van der Waals surface area contributed by atoms with Crippen molar-refractivity contribution in [2.24, 2.45) is 0 Å². The van der Waals surface area contributed by atoms with Crippen LogP contribution in [-0.4, -0.2) is 17.7 Å². The van der Waals surface area contributed by atoms with Crippen LogP contribution in [0.5, 0.6) is 0 Å². The van der Waals surface area contributed by atoms with Crippen molar-refractivity contribution < 1.29 is 9.59 Å². The second-order valence-electron chi connectivity index (χ2n) is 5.36. The molecule has 0 spiro atoms. The van der Waals surface area contributed by atoms with E-state index in [0.29, 0.717) is 11.3 Å². The summed E-state index contributed by atoms with van der Waals surface area (Å²) in [5, 5.41) is 6.00. The molecule has 0 aromatic heterocycles. The molecule has 0 saturated heterocycles. The fraction of sp³-hybridized carbons (Fsp3) is 0.222. The molecule has 0 bridgehead atoms. The number of hydrogen-bond acceptors (Lipinski definition) is 3. The number of carbonyl (C=O) groups is 2. The fourth-order valence-corrected chi connectivity index (χ4v) is 2.09. The van der Waals surface area contributed by atoms with Crippen molar-refractivity contribution >= 4 is 23.1 Å². The number of carbonyl (C=O) groups excluding carboxylic acids is 2. The molecule has 0 aliphatic heterocycles. The Labute approximate surface area is 130 Å². The molecule has 4 heteroatoms. The molecule has 0 unspecified atom stereocenters. The van der Waals surface area contributed by atoms with Crippen LogP contribution in [0.4, 0.5) is 11.4 Å². The number of amides is 1. The van der Waals surface area contributed by atoms with Gasteiger partial charge in [-0.25, -0.2) is 0 Å². The second kappa shape index (κ2) is 6.89. The fourth-order valence-electron chi connectivity index (χ4n) is 2.09. The number of rotatable bonds is 5. The average molecular weight is 296 g/mol. The molecule has 0 aliphatic carbocycles. The Hall–Kier alpha value is -2.62. The van der Waals surface area contributed by atoms with E-state index in [1.54, 1.807) is 24.3 Å². The van der Waals surface area contributed by atoms with Gasteiger partial charge in [-0.3, -0.25) is 9.59 Å². The van der Waals surface area contributed by atoms with E-state index in [1.165, 1.54) is 6.92 Å². The van der Waals surface area contributed by atoms with Crippen LogP contribution in [0.3, 0.4) is 0 Å². The minimum atomic E-state index is -0.366. The van der Waals surface area contributed by atoms with Gasteiger partial charge in [0.05, 0.1) is 0 Å². The molecule has 0 fully saturated rings. The van der Waals surface area contributed by atoms with Crippen LogP contribution >= 0.6 is 0 Å². The predicted molar refractivity (Wildman–Crippen MR) is 89.3 cm³/mol. The Morgan fingerprint density at radius 3 is 2.27 bits per heavy atom. The number of Topliss-reactive ketones (excluding diaryl/α,β-unsaturated/α-hetero) is 1. The van der Waals surface area contributed by atoms with Gasteiger partial charge < -0.3 is 10.6 Å². The van der Waals surface area contributed by atoms with Gasteiger partial charge in [-0.05, 0) is 62.7 Å². The molecule has 0 heterocycles. The summed E-state index contributed by atoms with van der Waals surface area (Å²) in [5.74, 6) is -0.121. The van der Waals surface area contributed by atoms with Crippen LogP contribution in [0.15, 0.2) is 48.5 Å². The van der Waals surface area contributed by atoms with Gasteiger partial charge in [0.1, 0.15) is 6.04 Å². The molecular formula is C18H20N2O2. The first kappa shape index (κ1) is 15.8. The summed E-state index contributed by atoms with van der Waals surface area (Å²) in [6.07, 6.45) is 0. The lowest BCUT2D eigenvalue weighted by Crippen LogP contribution is -2.31.